The van der Waals surface area contributed by atoms with Crippen LogP contribution >= 0.6 is 0 Å². The fourth-order valence-corrected chi connectivity index (χ4v) is 1.80. The SMILES string of the molecule is C=COC(C)COc1cc(OCC(C)OC=C)nc(OCC(C)OC=C)n1. The molecule has 1 heterocycles. The molecule has 1 aromatic heterocycles. The molecular weight excluding hydrogens is 352 g/mol. The Labute approximate surface area is 160 Å². The van der Waals surface area contributed by atoms with Gasteiger partial charge < -0.3 is 28.4 Å². The van der Waals surface area contributed by atoms with Crippen molar-refractivity contribution in [2.75, 3.05) is 19.8 Å². The van der Waals surface area contributed by atoms with Crippen molar-refractivity contribution in [1.29, 1.82) is 0 Å². The number of ether oxygens (including phenoxy) is 6. The molecule has 0 saturated heterocycles. The quantitative estimate of drug-likeness (QED) is 0.429. The molecule has 1 aromatic rings. The van der Waals surface area contributed by atoms with Gasteiger partial charge in [0.1, 0.15) is 38.1 Å². The second-order valence-electron chi connectivity index (χ2n) is 5.60. The second kappa shape index (κ2) is 12.5. The first-order chi connectivity index (χ1) is 13.0. The standard InChI is InChI=1S/C19H28N2O6/c1-7-22-14(4)11-25-17-10-18(26-12-15(5)23-8-2)21-19(20-17)27-13-16(6)24-9-3/h7-10,14-16H,1-3,11-13H2,4-6H3. The number of aromatic nitrogens is 2. The summed E-state index contributed by atoms with van der Waals surface area (Å²) in [7, 11) is 0. The predicted octanol–water partition coefficient (Wildman–Crippen LogP) is 3.26. The second-order valence-corrected chi connectivity index (χ2v) is 5.60. The van der Waals surface area contributed by atoms with Crippen LogP contribution in [0.25, 0.3) is 0 Å². The first-order valence-electron chi connectivity index (χ1n) is 8.55. The van der Waals surface area contributed by atoms with Crippen LogP contribution in [0.5, 0.6) is 17.8 Å². The van der Waals surface area contributed by atoms with Gasteiger partial charge in [-0.1, -0.05) is 19.7 Å². The van der Waals surface area contributed by atoms with E-state index >= 15 is 0 Å². The fraction of sp³-hybridized carbons (Fsp3) is 0.474. The van der Waals surface area contributed by atoms with Gasteiger partial charge in [-0.25, -0.2) is 0 Å². The lowest BCUT2D eigenvalue weighted by Crippen LogP contribution is -2.19. The maximum atomic E-state index is 5.63. The monoisotopic (exact) mass is 380 g/mol. The highest BCUT2D eigenvalue weighted by Crippen LogP contribution is 2.20. The van der Waals surface area contributed by atoms with Gasteiger partial charge in [0, 0.05) is 0 Å². The third kappa shape index (κ3) is 9.39. The Morgan fingerprint density at radius 3 is 1.48 bits per heavy atom. The van der Waals surface area contributed by atoms with Gasteiger partial charge in [0.15, 0.2) is 0 Å². The zero-order chi connectivity index (χ0) is 20.1. The van der Waals surface area contributed by atoms with Crippen LogP contribution in [-0.4, -0.2) is 48.1 Å². The van der Waals surface area contributed by atoms with Crippen LogP contribution in [0.2, 0.25) is 0 Å². The molecule has 3 unspecified atom stereocenters. The summed E-state index contributed by atoms with van der Waals surface area (Å²) in [5.41, 5.74) is 0. The van der Waals surface area contributed by atoms with Crippen molar-refractivity contribution < 1.29 is 28.4 Å². The third-order valence-electron chi connectivity index (χ3n) is 3.02. The highest BCUT2D eigenvalue weighted by atomic mass is 16.6. The summed E-state index contributed by atoms with van der Waals surface area (Å²) in [5, 5.41) is 0. The van der Waals surface area contributed by atoms with Crippen molar-refractivity contribution in [3.8, 4) is 17.8 Å². The van der Waals surface area contributed by atoms with E-state index in [1.807, 2.05) is 20.8 Å². The summed E-state index contributed by atoms with van der Waals surface area (Å²) < 4.78 is 32.5. The highest BCUT2D eigenvalue weighted by molar-refractivity contribution is 5.23. The Bertz CT molecular complexity index is 502. The van der Waals surface area contributed by atoms with Gasteiger partial charge in [-0.3, -0.25) is 0 Å². The molecule has 0 amide bonds. The molecule has 0 aliphatic rings. The topological polar surface area (TPSA) is 81.2 Å². The fourth-order valence-electron chi connectivity index (χ4n) is 1.80. The average Bonchev–Trinajstić information content (AvgIpc) is 2.64. The molecule has 3 atom stereocenters. The van der Waals surface area contributed by atoms with Crippen LogP contribution in [0.4, 0.5) is 0 Å². The minimum absolute atomic E-state index is 0.108. The van der Waals surface area contributed by atoms with Crippen LogP contribution in [0.1, 0.15) is 20.8 Å². The van der Waals surface area contributed by atoms with Gasteiger partial charge in [-0.05, 0) is 20.8 Å². The highest BCUT2D eigenvalue weighted by Gasteiger charge is 2.13. The zero-order valence-corrected chi connectivity index (χ0v) is 16.1. The molecule has 0 aliphatic heterocycles. The van der Waals surface area contributed by atoms with Crippen LogP contribution in [-0.2, 0) is 14.2 Å². The molecule has 0 bridgehead atoms. The van der Waals surface area contributed by atoms with E-state index < -0.39 is 0 Å². The summed E-state index contributed by atoms with van der Waals surface area (Å²) >= 11 is 0. The van der Waals surface area contributed by atoms with Crippen LogP contribution in [0.15, 0.2) is 44.6 Å². The molecule has 0 N–H and O–H groups in total. The number of nitrogens with zero attached hydrogens (tertiary/aromatic N) is 2. The summed E-state index contributed by atoms with van der Waals surface area (Å²) in [6.45, 7) is 16.8. The Morgan fingerprint density at radius 1 is 0.741 bits per heavy atom. The Balaban J connectivity index is 2.80. The van der Waals surface area contributed by atoms with Crippen LogP contribution < -0.4 is 14.2 Å². The third-order valence-corrected chi connectivity index (χ3v) is 3.02. The maximum absolute atomic E-state index is 5.63. The minimum atomic E-state index is -0.206. The molecule has 0 spiro atoms. The summed E-state index contributed by atoms with van der Waals surface area (Å²) in [5.74, 6) is 0.591. The Hall–Kier alpha value is -2.90. The molecule has 0 aliphatic carbocycles. The zero-order valence-electron chi connectivity index (χ0n) is 16.1. The largest absolute Gasteiger partial charge is 0.495 e. The molecule has 8 nitrogen and oxygen atoms in total. The van der Waals surface area contributed by atoms with E-state index in [4.69, 9.17) is 28.4 Å². The van der Waals surface area contributed by atoms with Gasteiger partial charge >= 0.3 is 6.01 Å². The first kappa shape index (κ1) is 22.1. The van der Waals surface area contributed by atoms with E-state index in [0.717, 1.165) is 0 Å². The molecule has 8 heteroatoms. The summed E-state index contributed by atoms with van der Waals surface area (Å²) in [4.78, 5) is 8.43. The van der Waals surface area contributed by atoms with E-state index in [1.54, 1.807) is 6.07 Å². The van der Waals surface area contributed by atoms with E-state index in [-0.39, 0.29) is 44.1 Å². The van der Waals surface area contributed by atoms with Crippen LogP contribution in [0.3, 0.4) is 0 Å². The van der Waals surface area contributed by atoms with Gasteiger partial charge in [0.2, 0.25) is 11.8 Å². The van der Waals surface area contributed by atoms with Crippen molar-refractivity contribution in [2.24, 2.45) is 0 Å². The van der Waals surface area contributed by atoms with E-state index in [0.29, 0.717) is 11.8 Å². The van der Waals surface area contributed by atoms with Crippen molar-refractivity contribution in [3.63, 3.8) is 0 Å². The van der Waals surface area contributed by atoms with Crippen molar-refractivity contribution in [1.82, 2.24) is 9.97 Å². The Morgan fingerprint density at radius 2 is 1.11 bits per heavy atom. The molecule has 27 heavy (non-hydrogen) atoms. The number of hydrogen-bond acceptors (Lipinski definition) is 8. The molecule has 0 aromatic carbocycles. The Kier molecular flexibility index (Phi) is 10.2. The smallest absolute Gasteiger partial charge is 0.323 e. The van der Waals surface area contributed by atoms with Crippen LogP contribution in [0, 0.1) is 0 Å². The molecule has 0 fully saturated rings. The average molecular weight is 380 g/mol. The van der Waals surface area contributed by atoms with E-state index in [1.165, 1.54) is 18.8 Å². The first-order valence-corrected chi connectivity index (χ1v) is 8.55. The van der Waals surface area contributed by atoms with Gasteiger partial charge in [0.05, 0.1) is 24.9 Å². The van der Waals surface area contributed by atoms with Crippen molar-refractivity contribution in [2.45, 2.75) is 39.1 Å². The lowest BCUT2D eigenvalue weighted by molar-refractivity contribution is 0.0878. The molecule has 150 valence electrons. The van der Waals surface area contributed by atoms with Crippen molar-refractivity contribution in [3.05, 3.63) is 44.6 Å². The van der Waals surface area contributed by atoms with E-state index in [9.17, 15) is 0 Å². The molecular formula is C19H28N2O6. The van der Waals surface area contributed by atoms with Gasteiger partial charge in [-0.2, -0.15) is 9.97 Å². The normalized spacial score (nSPS) is 13.4. The summed E-state index contributed by atoms with van der Waals surface area (Å²) in [6, 6.07) is 1.68. The number of hydrogen-bond donors (Lipinski definition) is 0. The lowest BCUT2D eigenvalue weighted by atomic mass is 10.4. The number of rotatable bonds is 15. The minimum Gasteiger partial charge on any atom is -0.495 e. The predicted molar refractivity (Wildman–Crippen MR) is 101 cm³/mol. The van der Waals surface area contributed by atoms with Gasteiger partial charge in [0.25, 0.3) is 0 Å². The molecule has 1 rings (SSSR count). The summed E-state index contributed by atoms with van der Waals surface area (Å²) in [6.07, 6.45) is 3.49. The maximum Gasteiger partial charge on any atom is 0.323 e. The lowest BCUT2D eigenvalue weighted by Gasteiger charge is -2.16. The van der Waals surface area contributed by atoms with E-state index in [2.05, 4.69) is 29.7 Å². The van der Waals surface area contributed by atoms with Gasteiger partial charge in [-0.15, -0.1) is 0 Å². The van der Waals surface area contributed by atoms with Crippen molar-refractivity contribution >= 4 is 0 Å². The molecule has 0 saturated carbocycles. The molecule has 0 radical (unpaired) electrons.